The predicted molar refractivity (Wildman–Crippen MR) is 133 cm³/mol. The highest BCUT2D eigenvalue weighted by Crippen LogP contribution is 2.46. The highest BCUT2D eigenvalue weighted by Gasteiger charge is 2.42. The summed E-state index contributed by atoms with van der Waals surface area (Å²) in [6, 6.07) is 9.10. The number of hydrogen-bond donors (Lipinski definition) is 2. The number of fused-ring (bicyclic) bond motifs is 1. The average molecular weight is 480 g/mol. The lowest BCUT2D eigenvalue weighted by Gasteiger charge is -2.27. The average Bonchev–Trinajstić information content (AvgIpc) is 3.37. The van der Waals surface area contributed by atoms with Crippen molar-refractivity contribution in [2.24, 2.45) is 5.92 Å². The smallest absolute Gasteiger partial charge is 0.273 e. The highest BCUT2D eigenvalue weighted by molar-refractivity contribution is 6.00. The van der Waals surface area contributed by atoms with Gasteiger partial charge < -0.3 is 24.2 Å². The molecule has 0 aliphatic carbocycles. The number of carbonyl (C=O) groups is 1. The fraction of sp³-hybridized carbons (Fsp3) is 0.407. The number of hydrogen-bond acceptors (Lipinski definition) is 6. The molecule has 35 heavy (non-hydrogen) atoms. The first-order chi connectivity index (χ1) is 16.8. The van der Waals surface area contributed by atoms with E-state index in [4.69, 9.17) is 14.2 Å². The highest BCUT2D eigenvalue weighted by atomic mass is 16.5. The van der Waals surface area contributed by atoms with Crippen LogP contribution >= 0.6 is 0 Å². The zero-order chi connectivity index (χ0) is 25.3. The molecule has 0 saturated carbocycles. The van der Waals surface area contributed by atoms with Crippen LogP contribution in [-0.2, 0) is 4.74 Å². The quantitative estimate of drug-likeness (QED) is 0.464. The zero-order valence-corrected chi connectivity index (χ0v) is 21.1. The van der Waals surface area contributed by atoms with Gasteiger partial charge in [0.15, 0.2) is 11.5 Å². The molecule has 2 N–H and O–H groups in total. The second-order valence-corrected chi connectivity index (χ2v) is 9.35. The van der Waals surface area contributed by atoms with Gasteiger partial charge in [0.25, 0.3) is 5.91 Å². The van der Waals surface area contributed by atoms with Crippen LogP contribution in [0.15, 0.2) is 30.3 Å². The Morgan fingerprint density at radius 1 is 1.14 bits per heavy atom. The number of phenolic OH excluding ortho intramolecular Hbond substituents is 1. The maximum Gasteiger partial charge on any atom is 0.273 e. The maximum atomic E-state index is 13.4. The van der Waals surface area contributed by atoms with E-state index in [1.54, 1.807) is 19.1 Å². The first-order valence-corrected chi connectivity index (χ1v) is 11.8. The van der Waals surface area contributed by atoms with Crippen molar-refractivity contribution in [3.63, 3.8) is 0 Å². The van der Waals surface area contributed by atoms with Gasteiger partial charge in [0, 0.05) is 24.8 Å². The monoisotopic (exact) mass is 479 g/mol. The lowest BCUT2D eigenvalue weighted by molar-refractivity contribution is 0.0677. The van der Waals surface area contributed by atoms with E-state index in [0.717, 1.165) is 22.3 Å². The third-order valence-electron chi connectivity index (χ3n) is 6.18. The summed E-state index contributed by atoms with van der Waals surface area (Å²) in [6.07, 6.45) is 0. The molecule has 1 aliphatic rings. The normalized spacial score (nSPS) is 15.1. The summed E-state index contributed by atoms with van der Waals surface area (Å²) in [5, 5.41) is 18.3. The van der Waals surface area contributed by atoms with Crippen molar-refractivity contribution in [2.45, 2.75) is 33.7 Å². The summed E-state index contributed by atoms with van der Waals surface area (Å²) in [7, 11) is 3.21. The van der Waals surface area contributed by atoms with Gasteiger partial charge in [0.1, 0.15) is 17.1 Å². The fourth-order valence-electron chi connectivity index (χ4n) is 4.54. The number of amides is 1. The van der Waals surface area contributed by atoms with E-state index in [1.165, 1.54) is 0 Å². The van der Waals surface area contributed by atoms with Crippen molar-refractivity contribution in [3.8, 4) is 28.5 Å². The van der Waals surface area contributed by atoms with Gasteiger partial charge in [-0.1, -0.05) is 26.0 Å². The Bertz CT molecular complexity index is 1230. The van der Waals surface area contributed by atoms with Crippen LogP contribution in [0.5, 0.6) is 17.2 Å². The van der Waals surface area contributed by atoms with Crippen LogP contribution in [0, 0.1) is 19.8 Å². The third-order valence-corrected chi connectivity index (χ3v) is 6.18. The number of aromatic amines is 1. The Balaban J connectivity index is 1.85. The molecule has 2 aromatic carbocycles. The lowest BCUT2D eigenvalue weighted by Crippen LogP contribution is -2.32. The number of benzene rings is 2. The first-order valence-electron chi connectivity index (χ1n) is 11.8. The fourth-order valence-corrected chi connectivity index (χ4v) is 4.54. The summed E-state index contributed by atoms with van der Waals surface area (Å²) >= 11 is 0. The molecule has 3 aromatic rings. The van der Waals surface area contributed by atoms with Crippen LogP contribution in [0.4, 0.5) is 0 Å². The molecule has 1 amide bonds. The van der Waals surface area contributed by atoms with E-state index >= 15 is 0 Å². The molecule has 0 saturated heterocycles. The van der Waals surface area contributed by atoms with E-state index in [-0.39, 0.29) is 11.7 Å². The van der Waals surface area contributed by atoms with Gasteiger partial charge in [-0.05, 0) is 54.7 Å². The first kappa shape index (κ1) is 24.6. The van der Waals surface area contributed by atoms with Crippen molar-refractivity contribution in [1.29, 1.82) is 0 Å². The molecule has 1 unspecified atom stereocenters. The zero-order valence-electron chi connectivity index (χ0n) is 21.1. The maximum absolute atomic E-state index is 13.4. The minimum atomic E-state index is -0.435. The van der Waals surface area contributed by atoms with E-state index < -0.39 is 6.04 Å². The molecule has 4 rings (SSSR count). The van der Waals surface area contributed by atoms with Gasteiger partial charge in [-0.15, -0.1) is 0 Å². The number of carbonyl (C=O) groups excluding carboxylic acids is 1. The van der Waals surface area contributed by atoms with Crippen molar-refractivity contribution in [3.05, 3.63) is 58.3 Å². The van der Waals surface area contributed by atoms with Crippen LogP contribution in [0.2, 0.25) is 0 Å². The molecule has 1 atom stereocenters. The largest absolute Gasteiger partial charge is 0.507 e. The summed E-state index contributed by atoms with van der Waals surface area (Å²) in [5.41, 5.74) is 4.90. The summed E-state index contributed by atoms with van der Waals surface area (Å²) in [6.45, 7) is 9.35. The van der Waals surface area contributed by atoms with Crippen molar-refractivity contribution >= 4 is 5.91 Å². The third kappa shape index (κ3) is 4.58. The number of H-pyrrole nitrogens is 1. The Labute approximate surface area is 205 Å². The standard InChI is InChI=1S/C27H33N3O5/c1-15(2)14-35-20-8-7-18(13-21(20)34-6)25-22-23(19-12-16(3)11-17(4)26(19)31)28-29-24(22)27(32)30(25)9-10-33-5/h7-8,11-13,15,25,31H,9-10,14H2,1-6H3,(H,28,29). The number of aryl methyl sites for hydroxylation is 2. The molecule has 0 radical (unpaired) electrons. The summed E-state index contributed by atoms with van der Waals surface area (Å²) in [4.78, 5) is 15.2. The van der Waals surface area contributed by atoms with Gasteiger partial charge in [-0.3, -0.25) is 9.89 Å². The number of ether oxygens (including phenoxy) is 3. The number of aromatic hydroxyl groups is 1. The number of methoxy groups -OCH3 is 2. The number of rotatable bonds is 9. The van der Waals surface area contributed by atoms with Gasteiger partial charge in [-0.2, -0.15) is 5.10 Å². The SMILES string of the molecule is COCCN1C(=O)c2[nH]nc(-c3cc(C)cc(C)c3O)c2C1c1ccc(OCC(C)C)c(OC)c1. The minimum Gasteiger partial charge on any atom is -0.507 e. The topological polar surface area (TPSA) is 96.9 Å². The Morgan fingerprint density at radius 3 is 2.60 bits per heavy atom. The van der Waals surface area contributed by atoms with Crippen LogP contribution in [0.25, 0.3) is 11.3 Å². The van der Waals surface area contributed by atoms with E-state index in [2.05, 4.69) is 24.0 Å². The van der Waals surface area contributed by atoms with E-state index in [1.807, 2.05) is 44.2 Å². The Kier molecular flexibility index (Phi) is 7.03. The molecule has 2 heterocycles. The van der Waals surface area contributed by atoms with Gasteiger partial charge >= 0.3 is 0 Å². The van der Waals surface area contributed by atoms with Gasteiger partial charge in [-0.25, -0.2) is 0 Å². The molecule has 0 spiro atoms. The molecule has 1 aromatic heterocycles. The second-order valence-electron chi connectivity index (χ2n) is 9.35. The predicted octanol–water partition coefficient (Wildman–Crippen LogP) is 4.63. The number of aromatic nitrogens is 2. The second kappa shape index (κ2) is 10.00. The Morgan fingerprint density at radius 2 is 1.91 bits per heavy atom. The number of nitrogens with zero attached hydrogens (tertiary/aromatic N) is 2. The van der Waals surface area contributed by atoms with Crippen molar-refractivity contribution < 1.29 is 24.1 Å². The molecule has 8 heteroatoms. The van der Waals surface area contributed by atoms with E-state index in [0.29, 0.717) is 54.1 Å². The van der Waals surface area contributed by atoms with Crippen molar-refractivity contribution in [1.82, 2.24) is 15.1 Å². The number of phenols is 1. The van der Waals surface area contributed by atoms with E-state index in [9.17, 15) is 9.90 Å². The molecule has 1 aliphatic heterocycles. The Hall–Kier alpha value is -3.52. The molecular formula is C27H33N3O5. The summed E-state index contributed by atoms with van der Waals surface area (Å²) < 4.78 is 16.9. The molecule has 0 fully saturated rings. The molecular weight excluding hydrogens is 446 g/mol. The van der Waals surface area contributed by atoms with Crippen LogP contribution in [0.3, 0.4) is 0 Å². The lowest BCUT2D eigenvalue weighted by atomic mass is 9.94. The van der Waals surface area contributed by atoms with Crippen molar-refractivity contribution in [2.75, 3.05) is 34.0 Å². The summed E-state index contributed by atoms with van der Waals surface area (Å²) in [5.74, 6) is 1.61. The number of nitrogens with one attached hydrogen (secondary N) is 1. The molecule has 0 bridgehead atoms. The van der Waals surface area contributed by atoms with Crippen LogP contribution < -0.4 is 9.47 Å². The van der Waals surface area contributed by atoms with Gasteiger partial charge in [0.05, 0.1) is 26.4 Å². The molecule has 8 nitrogen and oxygen atoms in total. The molecule has 186 valence electrons. The minimum absolute atomic E-state index is 0.154. The van der Waals surface area contributed by atoms with Crippen LogP contribution in [0.1, 0.15) is 52.6 Å². The van der Waals surface area contributed by atoms with Crippen LogP contribution in [-0.4, -0.2) is 60.1 Å². The van der Waals surface area contributed by atoms with Gasteiger partial charge in [0.2, 0.25) is 0 Å².